The van der Waals surface area contributed by atoms with Gasteiger partial charge in [0.2, 0.25) is 5.82 Å². The molecule has 0 aromatic carbocycles. The van der Waals surface area contributed by atoms with Crippen molar-refractivity contribution < 1.29 is 27.4 Å². The number of amides is 1. The molecule has 1 aliphatic rings. The van der Waals surface area contributed by atoms with Crippen LogP contribution >= 0.6 is 0 Å². The fourth-order valence-electron chi connectivity index (χ4n) is 2.22. The van der Waals surface area contributed by atoms with Gasteiger partial charge in [-0.15, -0.1) is 0 Å². The van der Waals surface area contributed by atoms with E-state index in [9.17, 15) is 18.0 Å². The zero-order chi connectivity index (χ0) is 18.0. The van der Waals surface area contributed by atoms with Crippen LogP contribution in [0.1, 0.15) is 39.4 Å². The molecule has 0 radical (unpaired) electrons. The molecule has 24 heavy (non-hydrogen) atoms. The van der Waals surface area contributed by atoms with Gasteiger partial charge in [-0.2, -0.15) is 13.2 Å². The zero-order valence-corrected chi connectivity index (χ0v) is 13.7. The minimum absolute atomic E-state index is 0.0253. The Balaban J connectivity index is 1.68. The fraction of sp³-hybridized carbons (Fsp3) is 0.667. The van der Waals surface area contributed by atoms with Crippen molar-refractivity contribution in [2.75, 3.05) is 6.61 Å². The van der Waals surface area contributed by atoms with Crippen LogP contribution in [0.25, 0.3) is 0 Å². The third-order valence-corrected chi connectivity index (χ3v) is 3.32. The van der Waals surface area contributed by atoms with Crippen molar-refractivity contribution in [3.8, 4) is 5.75 Å². The van der Waals surface area contributed by atoms with Crippen molar-refractivity contribution in [3.05, 3.63) is 18.2 Å². The number of alkyl halides is 3. The second-order valence-corrected chi connectivity index (χ2v) is 6.73. The van der Waals surface area contributed by atoms with Crippen LogP contribution in [0, 0.1) is 5.92 Å². The third kappa shape index (κ3) is 5.54. The topological polar surface area (TPSA) is 73.3 Å². The molecule has 0 unspecified atom stereocenters. The van der Waals surface area contributed by atoms with Crippen molar-refractivity contribution in [1.82, 2.24) is 15.3 Å². The summed E-state index contributed by atoms with van der Waals surface area (Å²) in [5.74, 6) is -0.793. The molecular formula is C15H20F3N3O3. The lowest BCUT2D eigenvalue weighted by Gasteiger charge is -2.35. The largest absolute Gasteiger partial charge is 0.490 e. The Kier molecular flexibility index (Phi) is 5.19. The number of hydrogen-bond acceptors (Lipinski definition) is 5. The molecule has 1 heterocycles. The van der Waals surface area contributed by atoms with E-state index in [1.165, 1.54) is 0 Å². The maximum Gasteiger partial charge on any atom is 0.451 e. The molecule has 0 atom stereocenters. The number of alkyl carbamates (subject to hydrolysis) is 1. The number of carbonyl (C=O) groups is 1. The minimum atomic E-state index is -4.56. The van der Waals surface area contributed by atoms with E-state index >= 15 is 0 Å². The first-order chi connectivity index (χ1) is 11.0. The van der Waals surface area contributed by atoms with Gasteiger partial charge >= 0.3 is 12.3 Å². The van der Waals surface area contributed by atoms with E-state index in [-0.39, 0.29) is 17.7 Å². The predicted molar refractivity (Wildman–Crippen MR) is 78.4 cm³/mol. The highest BCUT2D eigenvalue weighted by molar-refractivity contribution is 5.68. The van der Waals surface area contributed by atoms with E-state index in [0.717, 1.165) is 25.2 Å². The lowest BCUT2D eigenvalue weighted by atomic mass is 9.81. The molecular weight excluding hydrogens is 327 g/mol. The quantitative estimate of drug-likeness (QED) is 0.906. The number of nitrogens with zero attached hydrogens (tertiary/aromatic N) is 2. The van der Waals surface area contributed by atoms with Crippen molar-refractivity contribution in [3.63, 3.8) is 0 Å². The van der Waals surface area contributed by atoms with Gasteiger partial charge in [-0.1, -0.05) is 0 Å². The molecule has 134 valence electrons. The SMILES string of the molecule is CC(C)(C)OC(=O)N[C@H]1C[C@@H](COc2cnc(C(F)(F)F)nc2)C1. The van der Waals surface area contributed by atoms with E-state index in [4.69, 9.17) is 9.47 Å². The Morgan fingerprint density at radius 2 is 1.83 bits per heavy atom. The molecule has 2 rings (SSSR count). The first kappa shape index (κ1) is 18.3. The van der Waals surface area contributed by atoms with E-state index in [1.807, 2.05) is 0 Å². The van der Waals surface area contributed by atoms with E-state index < -0.39 is 23.7 Å². The van der Waals surface area contributed by atoms with Gasteiger partial charge < -0.3 is 14.8 Å². The standard InChI is InChI=1S/C15H20F3N3O3/c1-14(2,3)24-13(22)21-10-4-9(5-10)8-23-11-6-19-12(20-7-11)15(16,17)18/h6-7,9-10H,4-5,8H2,1-3H3,(H,21,22)/t9-,10+. The summed E-state index contributed by atoms with van der Waals surface area (Å²) < 4.78 is 47.5. The molecule has 1 aromatic rings. The summed E-state index contributed by atoms with van der Waals surface area (Å²) >= 11 is 0. The van der Waals surface area contributed by atoms with Crippen LogP contribution in [-0.2, 0) is 10.9 Å². The summed E-state index contributed by atoms with van der Waals surface area (Å²) in [6.45, 7) is 5.70. The Labute approximate surface area is 137 Å². The Morgan fingerprint density at radius 3 is 2.33 bits per heavy atom. The molecule has 0 spiro atoms. The number of carbonyl (C=O) groups excluding carboxylic acids is 1. The van der Waals surface area contributed by atoms with Gasteiger partial charge in [0.15, 0.2) is 5.75 Å². The van der Waals surface area contributed by atoms with E-state index in [1.54, 1.807) is 20.8 Å². The molecule has 1 aliphatic carbocycles. The molecule has 1 amide bonds. The fourth-order valence-corrected chi connectivity index (χ4v) is 2.22. The number of halogens is 3. The zero-order valence-electron chi connectivity index (χ0n) is 13.7. The van der Waals surface area contributed by atoms with Gasteiger partial charge in [0.25, 0.3) is 0 Å². The van der Waals surface area contributed by atoms with Crippen LogP contribution in [-0.4, -0.2) is 34.3 Å². The smallest absolute Gasteiger partial charge is 0.451 e. The summed E-state index contributed by atoms with van der Waals surface area (Å²) in [5.41, 5.74) is -0.543. The van der Waals surface area contributed by atoms with Crippen LogP contribution < -0.4 is 10.1 Å². The molecule has 0 saturated heterocycles. The van der Waals surface area contributed by atoms with Crippen LogP contribution in [0.3, 0.4) is 0 Å². The van der Waals surface area contributed by atoms with Gasteiger partial charge in [-0.3, -0.25) is 0 Å². The highest BCUT2D eigenvalue weighted by Crippen LogP contribution is 2.29. The molecule has 1 saturated carbocycles. The maximum atomic E-state index is 12.3. The lowest BCUT2D eigenvalue weighted by molar-refractivity contribution is -0.145. The van der Waals surface area contributed by atoms with Crippen LogP contribution in [0.15, 0.2) is 12.4 Å². The van der Waals surface area contributed by atoms with Gasteiger partial charge in [0.05, 0.1) is 19.0 Å². The molecule has 1 fully saturated rings. The summed E-state index contributed by atoms with van der Waals surface area (Å²) in [6.07, 6.45) is -1.56. The monoisotopic (exact) mass is 347 g/mol. The summed E-state index contributed by atoms with van der Waals surface area (Å²) in [6, 6.07) is 0.0253. The molecule has 0 bridgehead atoms. The van der Waals surface area contributed by atoms with Crippen LogP contribution in [0.5, 0.6) is 5.75 Å². The van der Waals surface area contributed by atoms with Crippen molar-refractivity contribution in [2.24, 2.45) is 5.92 Å². The number of ether oxygens (including phenoxy) is 2. The number of rotatable bonds is 4. The molecule has 9 heteroatoms. The van der Waals surface area contributed by atoms with Crippen LogP contribution in [0.2, 0.25) is 0 Å². The number of hydrogen-bond donors (Lipinski definition) is 1. The van der Waals surface area contributed by atoms with E-state index in [0.29, 0.717) is 6.61 Å². The molecule has 0 aliphatic heterocycles. The first-order valence-electron chi connectivity index (χ1n) is 7.54. The predicted octanol–water partition coefficient (Wildman–Crippen LogP) is 3.18. The molecule has 6 nitrogen and oxygen atoms in total. The normalized spacial score (nSPS) is 20.9. The summed E-state index contributed by atoms with van der Waals surface area (Å²) in [7, 11) is 0. The number of aromatic nitrogens is 2. The third-order valence-electron chi connectivity index (χ3n) is 3.32. The Morgan fingerprint density at radius 1 is 1.25 bits per heavy atom. The molecule has 1 aromatic heterocycles. The van der Waals surface area contributed by atoms with E-state index in [2.05, 4.69) is 15.3 Å². The highest BCUT2D eigenvalue weighted by Gasteiger charge is 2.35. The van der Waals surface area contributed by atoms with Crippen LogP contribution in [0.4, 0.5) is 18.0 Å². The van der Waals surface area contributed by atoms with Crippen molar-refractivity contribution >= 4 is 6.09 Å². The average Bonchev–Trinajstić information content (AvgIpc) is 2.38. The number of nitrogens with one attached hydrogen (secondary N) is 1. The lowest BCUT2D eigenvalue weighted by Crippen LogP contribution is -2.47. The first-order valence-corrected chi connectivity index (χ1v) is 7.54. The van der Waals surface area contributed by atoms with Gasteiger partial charge in [-0.05, 0) is 39.5 Å². The van der Waals surface area contributed by atoms with Gasteiger partial charge in [0, 0.05) is 6.04 Å². The van der Waals surface area contributed by atoms with Crippen molar-refractivity contribution in [2.45, 2.75) is 51.4 Å². The molecule has 1 N–H and O–H groups in total. The second kappa shape index (κ2) is 6.82. The average molecular weight is 347 g/mol. The summed E-state index contributed by atoms with van der Waals surface area (Å²) in [4.78, 5) is 18.0. The minimum Gasteiger partial charge on any atom is -0.490 e. The maximum absolute atomic E-state index is 12.3. The summed E-state index contributed by atoms with van der Waals surface area (Å²) in [5, 5.41) is 2.76. The van der Waals surface area contributed by atoms with Gasteiger partial charge in [-0.25, -0.2) is 14.8 Å². The Bertz CT molecular complexity index is 564. The second-order valence-electron chi connectivity index (χ2n) is 6.73. The Hall–Kier alpha value is -2.06. The van der Waals surface area contributed by atoms with Gasteiger partial charge in [0.1, 0.15) is 5.60 Å². The highest BCUT2D eigenvalue weighted by atomic mass is 19.4. The van der Waals surface area contributed by atoms with Crippen molar-refractivity contribution in [1.29, 1.82) is 0 Å².